The molecule has 0 amide bonds. The minimum Gasteiger partial charge on any atom is -0.489 e. The Labute approximate surface area is 233 Å². The molecule has 2 atom stereocenters. The van der Waals surface area contributed by atoms with Gasteiger partial charge < -0.3 is 14.4 Å². The van der Waals surface area contributed by atoms with Crippen LogP contribution in [0.25, 0.3) is 11.3 Å². The van der Waals surface area contributed by atoms with Crippen molar-refractivity contribution in [1.82, 2.24) is 10.1 Å². The number of hydrogen-bond acceptors (Lipinski definition) is 6. The maximum Gasteiger partial charge on any atom is 0.347 e. The van der Waals surface area contributed by atoms with E-state index in [2.05, 4.69) is 17.1 Å². The molecule has 0 aliphatic heterocycles. The molecule has 1 fully saturated rings. The Hall–Kier alpha value is -2.58. The molecule has 0 radical (unpaired) electrons. The largest absolute Gasteiger partial charge is 0.489 e. The van der Waals surface area contributed by atoms with Gasteiger partial charge in [0.2, 0.25) is 0 Å². The highest BCUT2D eigenvalue weighted by atomic mass is 35.5. The van der Waals surface area contributed by atoms with Crippen LogP contribution in [-0.4, -0.2) is 21.2 Å². The number of nitrogens with zero attached hydrogens (tertiary/aromatic N) is 2. The van der Waals surface area contributed by atoms with Gasteiger partial charge in [0.25, 0.3) is 0 Å². The van der Waals surface area contributed by atoms with Gasteiger partial charge in [-0.25, -0.2) is 9.78 Å². The number of aromatic nitrogens is 2. The van der Waals surface area contributed by atoms with Crippen molar-refractivity contribution in [1.29, 1.82) is 0 Å². The molecular weight excluding hydrogens is 555 g/mol. The Bertz CT molecular complexity index is 1480. The predicted molar refractivity (Wildman–Crippen MR) is 146 cm³/mol. The summed E-state index contributed by atoms with van der Waals surface area (Å²) < 4.78 is 11.8. The molecule has 2 unspecified atom stereocenters. The molecule has 10 heteroatoms. The Morgan fingerprint density at radius 2 is 1.95 bits per heavy atom. The third-order valence-electron chi connectivity index (χ3n) is 6.75. The van der Waals surface area contributed by atoms with Gasteiger partial charge in [0.05, 0.1) is 26.8 Å². The summed E-state index contributed by atoms with van der Waals surface area (Å²) in [6, 6.07) is 10.9. The van der Waals surface area contributed by atoms with Crippen LogP contribution in [0.4, 0.5) is 0 Å². The van der Waals surface area contributed by atoms with Crippen molar-refractivity contribution >= 4 is 52.1 Å². The number of hydrogen-bond donors (Lipinski definition) is 1. The summed E-state index contributed by atoms with van der Waals surface area (Å²) in [4.78, 5) is 15.8. The van der Waals surface area contributed by atoms with Crippen LogP contribution in [0.1, 0.15) is 70.6 Å². The number of ether oxygens (including phenoxy) is 1. The first kappa shape index (κ1) is 26.0. The molecule has 1 N–H and O–H groups in total. The van der Waals surface area contributed by atoms with Gasteiger partial charge in [-0.1, -0.05) is 72.9 Å². The smallest absolute Gasteiger partial charge is 0.347 e. The Morgan fingerprint density at radius 3 is 2.57 bits per heavy atom. The molecular formula is C27H23Cl3N2O4S. The van der Waals surface area contributed by atoms with E-state index in [0.717, 1.165) is 22.6 Å². The highest BCUT2D eigenvalue weighted by molar-refractivity contribution is 7.13. The van der Waals surface area contributed by atoms with Crippen molar-refractivity contribution in [2.75, 3.05) is 0 Å². The van der Waals surface area contributed by atoms with Gasteiger partial charge in [0.15, 0.2) is 0 Å². The molecule has 1 aliphatic carbocycles. The van der Waals surface area contributed by atoms with E-state index >= 15 is 0 Å². The van der Waals surface area contributed by atoms with Gasteiger partial charge >= 0.3 is 5.97 Å². The van der Waals surface area contributed by atoms with E-state index in [1.165, 1.54) is 17.5 Å². The Balaban J connectivity index is 1.37. The third-order valence-corrected chi connectivity index (χ3v) is 8.79. The predicted octanol–water partition coefficient (Wildman–Crippen LogP) is 8.60. The fourth-order valence-corrected chi connectivity index (χ4v) is 6.58. The molecule has 0 saturated heterocycles. The van der Waals surface area contributed by atoms with Crippen LogP contribution in [0.2, 0.25) is 15.1 Å². The van der Waals surface area contributed by atoms with Crippen LogP contribution in [0.5, 0.6) is 5.75 Å². The summed E-state index contributed by atoms with van der Waals surface area (Å²) in [7, 11) is 0. The van der Waals surface area contributed by atoms with Crippen molar-refractivity contribution in [3.8, 4) is 17.0 Å². The summed E-state index contributed by atoms with van der Waals surface area (Å²) in [5.74, 6) is 0.545. The third kappa shape index (κ3) is 4.86. The standard InChI is InChI=1S/C27H23Cl3N2O4S/c1-13(2)24-15(23(32-36-24)22-18(28)5-4-6-19(22)29)12-35-14-7-8-16(20(30)9-14)27(3)10-17(27)25-31-11-21(37-25)26(33)34/h4-9,11,13,17H,10,12H2,1-3H3,(H,33,34). The van der Waals surface area contributed by atoms with E-state index in [4.69, 9.17) is 44.1 Å². The lowest BCUT2D eigenvalue weighted by Gasteiger charge is -2.15. The molecule has 192 valence electrons. The second kappa shape index (κ2) is 9.95. The SMILES string of the molecule is CC(C)c1onc(-c2c(Cl)cccc2Cl)c1COc1ccc(C2(C)CC2c2ncc(C(=O)O)s2)c(Cl)c1. The number of aromatic carboxylic acids is 1. The summed E-state index contributed by atoms with van der Waals surface area (Å²) in [5, 5.41) is 15.8. The number of rotatable bonds is 8. The van der Waals surface area contributed by atoms with E-state index in [9.17, 15) is 9.90 Å². The molecule has 2 aromatic heterocycles. The van der Waals surface area contributed by atoms with Crippen LogP contribution in [0.15, 0.2) is 47.1 Å². The highest BCUT2D eigenvalue weighted by Crippen LogP contribution is 2.62. The maximum atomic E-state index is 11.2. The number of carboxylic acids is 1. The van der Waals surface area contributed by atoms with Crippen LogP contribution < -0.4 is 4.74 Å². The van der Waals surface area contributed by atoms with Crippen LogP contribution in [-0.2, 0) is 12.0 Å². The van der Waals surface area contributed by atoms with E-state index in [1.54, 1.807) is 24.3 Å². The zero-order valence-corrected chi connectivity index (χ0v) is 23.3. The fourth-order valence-electron chi connectivity index (χ4n) is 4.61. The van der Waals surface area contributed by atoms with Gasteiger partial charge in [-0.2, -0.15) is 0 Å². The number of carbonyl (C=O) groups is 1. The monoisotopic (exact) mass is 576 g/mol. The molecule has 2 heterocycles. The lowest BCUT2D eigenvalue weighted by Crippen LogP contribution is -2.06. The first-order valence-electron chi connectivity index (χ1n) is 11.6. The zero-order valence-electron chi connectivity index (χ0n) is 20.2. The maximum absolute atomic E-state index is 11.2. The number of halogens is 3. The van der Waals surface area contributed by atoms with Crippen molar-refractivity contribution in [3.05, 3.63) is 84.4 Å². The average molecular weight is 578 g/mol. The van der Waals surface area contributed by atoms with Crippen LogP contribution >= 0.6 is 46.1 Å². The minimum absolute atomic E-state index is 0.0753. The van der Waals surface area contributed by atoms with Crippen molar-refractivity contribution < 1.29 is 19.2 Å². The van der Waals surface area contributed by atoms with Crippen molar-refractivity contribution in [2.45, 2.75) is 51.0 Å². The lowest BCUT2D eigenvalue weighted by molar-refractivity contribution is 0.0702. The van der Waals surface area contributed by atoms with E-state index in [1.807, 2.05) is 26.0 Å². The van der Waals surface area contributed by atoms with Gasteiger partial charge in [0, 0.05) is 27.8 Å². The highest BCUT2D eigenvalue weighted by Gasteiger charge is 2.54. The normalized spacial score (nSPS) is 18.8. The Kier molecular flexibility index (Phi) is 7.00. The minimum atomic E-state index is -0.959. The molecule has 1 saturated carbocycles. The quantitative estimate of drug-likeness (QED) is 0.226. The van der Waals surface area contributed by atoms with E-state index in [0.29, 0.717) is 37.8 Å². The van der Waals surface area contributed by atoms with Gasteiger partial charge in [-0.05, 0) is 36.2 Å². The second-order valence-corrected chi connectivity index (χ2v) is 11.9. The molecule has 2 aromatic carbocycles. The number of carboxylic acid groups (broad SMARTS) is 1. The average Bonchev–Trinajstić information content (AvgIpc) is 3.18. The summed E-state index contributed by atoms with van der Waals surface area (Å²) in [5.41, 5.74) is 2.71. The van der Waals surface area contributed by atoms with Crippen molar-refractivity contribution in [3.63, 3.8) is 0 Å². The summed E-state index contributed by atoms with van der Waals surface area (Å²) in [6.45, 7) is 6.35. The zero-order chi connectivity index (χ0) is 26.5. The van der Waals surface area contributed by atoms with Crippen LogP contribution in [0.3, 0.4) is 0 Å². The molecule has 6 nitrogen and oxygen atoms in total. The van der Waals surface area contributed by atoms with Gasteiger partial charge in [-0.3, -0.25) is 0 Å². The first-order valence-corrected chi connectivity index (χ1v) is 13.6. The fraction of sp³-hybridized carbons (Fsp3) is 0.296. The van der Waals surface area contributed by atoms with Gasteiger partial charge in [-0.15, -0.1) is 11.3 Å². The number of thiazole rings is 1. The summed E-state index contributed by atoms with van der Waals surface area (Å²) >= 11 is 20.8. The van der Waals surface area contributed by atoms with Crippen molar-refractivity contribution in [2.24, 2.45) is 0 Å². The first-order chi connectivity index (χ1) is 17.6. The molecule has 4 aromatic rings. The molecule has 0 bridgehead atoms. The lowest BCUT2D eigenvalue weighted by atomic mass is 9.95. The topological polar surface area (TPSA) is 85.5 Å². The number of benzene rings is 2. The molecule has 37 heavy (non-hydrogen) atoms. The van der Waals surface area contributed by atoms with E-state index < -0.39 is 5.97 Å². The molecule has 0 spiro atoms. The summed E-state index contributed by atoms with van der Waals surface area (Å²) in [6.07, 6.45) is 2.26. The van der Waals surface area contributed by atoms with Crippen LogP contribution in [0, 0.1) is 0 Å². The Morgan fingerprint density at radius 1 is 1.22 bits per heavy atom. The second-order valence-electron chi connectivity index (χ2n) is 9.60. The van der Waals surface area contributed by atoms with Gasteiger partial charge in [0.1, 0.15) is 28.7 Å². The molecule has 5 rings (SSSR count). The van der Waals surface area contributed by atoms with E-state index in [-0.39, 0.29) is 28.7 Å². The molecule has 1 aliphatic rings.